The molecule has 0 spiro atoms. The van der Waals surface area contributed by atoms with E-state index in [0.717, 1.165) is 0 Å². The minimum atomic E-state index is 0.490. The van der Waals surface area contributed by atoms with Crippen molar-refractivity contribution in [2.45, 2.75) is 43.7 Å². The second kappa shape index (κ2) is 5.71. The third kappa shape index (κ3) is 3.32. The van der Waals surface area contributed by atoms with Crippen molar-refractivity contribution in [3.05, 3.63) is 29.8 Å². The van der Waals surface area contributed by atoms with Crippen molar-refractivity contribution in [3.63, 3.8) is 0 Å². The average molecular weight is 294 g/mol. The van der Waals surface area contributed by atoms with Crippen molar-refractivity contribution >= 4 is 23.5 Å². The fourth-order valence-electron chi connectivity index (χ4n) is 3.17. The summed E-state index contributed by atoms with van der Waals surface area (Å²) >= 11 is 4.12. The molecule has 0 aromatic heterocycles. The lowest BCUT2D eigenvalue weighted by Crippen LogP contribution is -2.42. The van der Waals surface area contributed by atoms with E-state index in [2.05, 4.69) is 55.2 Å². The van der Waals surface area contributed by atoms with Gasteiger partial charge in [0, 0.05) is 22.7 Å². The minimum absolute atomic E-state index is 0.490. The zero-order valence-electron chi connectivity index (χ0n) is 11.8. The van der Waals surface area contributed by atoms with Gasteiger partial charge in [0.15, 0.2) is 0 Å². The van der Waals surface area contributed by atoms with E-state index >= 15 is 0 Å². The number of hydrogen-bond donors (Lipinski definition) is 1. The first-order valence-corrected chi connectivity index (χ1v) is 9.34. The molecule has 1 nitrogen and oxygen atoms in total. The van der Waals surface area contributed by atoms with Crippen LogP contribution in [0, 0.1) is 5.41 Å². The smallest absolute Gasteiger partial charge is 0.0342 e. The summed E-state index contributed by atoms with van der Waals surface area (Å²) in [5.74, 6) is 3.83. The lowest BCUT2D eigenvalue weighted by atomic mass is 9.87. The van der Waals surface area contributed by atoms with Crippen LogP contribution in [0.15, 0.2) is 29.2 Å². The summed E-state index contributed by atoms with van der Waals surface area (Å²) in [6.45, 7) is 4.80. The molecule has 2 aliphatic heterocycles. The van der Waals surface area contributed by atoms with Gasteiger partial charge >= 0.3 is 0 Å². The maximum Gasteiger partial charge on any atom is 0.0342 e. The van der Waals surface area contributed by atoms with Crippen LogP contribution in [0.2, 0.25) is 0 Å². The second-order valence-electron chi connectivity index (χ2n) is 6.47. The Balaban J connectivity index is 1.71. The molecular weight excluding hydrogens is 270 g/mol. The van der Waals surface area contributed by atoms with Gasteiger partial charge in [0.1, 0.15) is 0 Å². The highest BCUT2D eigenvalue weighted by Gasteiger charge is 2.31. The summed E-state index contributed by atoms with van der Waals surface area (Å²) in [6.07, 6.45) is 2.58. The molecule has 3 heteroatoms. The molecule has 2 unspecified atom stereocenters. The molecule has 1 saturated heterocycles. The van der Waals surface area contributed by atoms with Gasteiger partial charge in [-0.3, -0.25) is 0 Å². The summed E-state index contributed by atoms with van der Waals surface area (Å²) in [5, 5.41) is 3.94. The Morgan fingerprint density at radius 3 is 2.95 bits per heavy atom. The van der Waals surface area contributed by atoms with Crippen LogP contribution in [0.5, 0.6) is 0 Å². The summed E-state index contributed by atoms with van der Waals surface area (Å²) in [5.41, 5.74) is 2.01. The molecule has 104 valence electrons. The third-order valence-corrected chi connectivity index (χ3v) is 6.75. The van der Waals surface area contributed by atoms with Crippen LogP contribution < -0.4 is 5.32 Å². The van der Waals surface area contributed by atoms with Crippen molar-refractivity contribution in [1.29, 1.82) is 0 Å². The number of benzene rings is 1. The van der Waals surface area contributed by atoms with Gasteiger partial charge < -0.3 is 5.32 Å². The molecule has 0 radical (unpaired) electrons. The van der Waals surface area contributed by atoms with Crippen LogP contribution in [-0.4, -0.2) is 23.3 Å². The van der Waals surface area contributed by atoms with E-state index in [1.807, 2.05) is 11.8 Å². The molecule has 2 aliphatic rings. The van der Waals surface area contributed by atoms with Gasteiger partial charge in [0.2, 0.25) is 0 Å². The Labute approximate surface area is 125 Å². The summed E-state index contributed by atoms with van der Waals surface area (Å²) in [6, 6.07) is 10.2. The lowest BCUT2D eigenvalue weighted by molar-refractivity contribution is 0.297. The molecule has 1 aromatic carbocycles. The van der Waals surface area contributed by atoms with Gasteiger partial charge in [-0.2, -0.15) is 11.8 Å². The lowest BCUT2D eigenvalue weighted by Gasteiger charge is -2.38. The number of nitrogens with one attached hydrogen (secondary N) is 1. The molecule has 1 N–H and O–H groups in total. The molecule has 19 heavy (non-hydrogen) atoms. The molecular formula is C16H23NS2. The second-order valence-corrected chi connectivity index (χ2v) is 8.64. The topological polar surface area (TPSA) is 12.0 Å². The normalized spacial score (nSPS) is 29.8. The average Bonchev–Trinajstić information content (AvgIpc) is 2.38. The van der Waals surface area contributed by atoms with Gasteiger partial charge in [-0.1, -0.05) is 32.0 Å². The molecule has 3 rings (SSSR count). The minimum Gasteiger partial charge on any atom is -0.306 e. The van der Waals surface area contributed by atoms with Gasteiger partial charge in [-0.05, 0) is 41.4 Å². The fraction of sp³-hybridized carbons (Fsp3) is 0.625. The highest BCUT2D eigenvalue weighted by Crippen LogP contribution is 2.38. The molecule has 2 atom stereocenters. The number of rotatable bonds is 2. The van der Waals surface area contributed by atoms with Crippen molar-refractivity contribution in [2.75, 3.05) is 17.3 Å². The number of fused-ring (bicyclic) bond motifs is 1. The number of thioether (sulfide) groups is 2. The Morgan fingerprint density at radius 2 is 2.11 bits per heavy atom. The third-order valence-electron chi connectivity index (χ3n) is 4.01. The first-order chi connectivity index (χ1) is 9.14. The van der Waals surface area contributed by atoms with Gasteiger partial charge in [0.05, 0.1) is 0 Å². The first-order valence-electron chi connectivity index (χ1n) is 7.20. The zero-order chi connectivity index (χ0) is 13.3. The number of hydrogen-bond acceptors (Lipinski definition) is 3. The molecule has 1 fully saturated rings. The van der Waals surface area contributed by atoms with E-state index < -0.39 is 0 Å². The molecule has 1 aromatic rings. The van der Waals surface area contributed by atoms with Crippen LogP contribution in [-0.2, 0) is 0 Å². The predicted octanol–water partition coefficient (Wildman–Crippen LogP) is 4.34. The molecule has 0 amide bonds. The van der Waals surface area contributed by atoms with Gasteiger partial charge in [-0.25, -0.2) is 0 Å². The Morgan fingerprint density at radius 1 is 1.26 bits per heavy atom. The maximum atomic E-state index is 3.94. The van der Waals surface area contributed by atoms with Crippen molar-refractivity contribution in [1.82, 2.24) is 5.32 Å². The van der Waals surface area contributed by atoms with Gasteiger partial charge in [0.25, 0.3) is 0 Å². The molecule has 0 aliphatic carbocycles. The van der Waals surface area contributed by atoms with Crippen LogP contribution in [0.4, 0.5) is 0 Å². The summed E-state index contributed by atoms with van der Waals surface area (Å²) in [4.78, 5) is 1.48. The monoisotopic (exact) mass is 293 g/mol. The van der Waals surface area contributed by atoms with E-state index in [4.69, 9.17) is 0 Å². The van der Waals surface area contributed by atoms with Crippen LogP contribution >= 0.6 is 23.5 Å². The van der Waals surface area contributed by atoms with E-state index in [1.165, 1.54) is 40.6 Å². The Kier molecular flexibility index (Phi) is 4.16. The highest BCUT2D eigenvalue weighted by molar-refractivity contribution is 7.99. The molecule has 2 heterocycles. The molecule has 0 saturated carbocycles. The Hall–Kier alpha value is -0.120. The summed E-state index contributed by atoms with van der Waals surface area (Å²) < 4.78 is 0. The van der Waals surface area contributed by atoms with Gasteiger partial charge in [-0.15, -0.1) is 11.8 Å². The van der Waals surface area contributed by atoms with E-state index in [9.17, 15) is 0 Å². The van der Waals surface area contributed by atoms with E-state index in [1.54, 1.807) is 0 Å². The largest absolute Gasteiger partial charge is 0.306 e. The Bertz CT molecular complexity index is 444. The van der Waals surface area contributed by atoms with Crippen molar-refractivity contribution < 1.29 is 0 Å². The standard InChI is InChI=1S/C16H23NS2/c1-16(2)9-12(10-18-11-16)17-14-7-8-19-15-6-4-3-5-13(14)15/h3-6,12,14,17H,7-11H2,1-2H3. The maximum absolute atomic E-state index is 3.94. The fourth-order valence-corrected chi connectivity index (χ4v) is 5.58. The van der Waals surface area contributed by atoms with Crippen molar-refractivity contribution in [3.8, 4) is 0 Å². The van der Waals surface area contributed by atoms with Crippen LogP contribution in [0.3, 0.4) is 0 Å². The van der Waals surface area contributed by atoms with Crippen molar-refractivity contribution in [2.24, 2.45) is 5.41 Å². The van der Waals surface area contributed by atoms with Crippen LogP contribution in [0.1, 0.15) is 38.3 Å². The molecule has 0 bridgehead atoms. The SMILES string of the molecule is CC1(C)CSCC(NC2CCSc3ccccc32)C1. The first kappa shape index (κ1) is 13.8. The van der Waals surface area contributed by atoms with Crippen LogP contribution in [0.25, 0.3) is 0 Å². The van der Waals surface area contributed by atoms with E-state index in [-0.39, 0.29) is 0 Å². The summed E-state index contributed by atoms with van der Waals surface area (Å²) in [7, 11) is 0. The van der Waals surface area contributed by atoms with E-state index in [0.29, 0.717) is 17.5 Å². The quantitative estimate of drug-likeness (QED) is 0.871. The highest BCUT2D eigenvalue weighted by atomic mass is 32.2. The zero-order valence-corrected chi connectivity index (χ0v) is 13.4. The predicted molar refractivity (Wildman–Crippen MR) is 87.2 cm³/mol.